The van der Waals surface area contributed by atoms with Crippen molar-refractivity contribution in [2.75, 3.05) is 51.2 Å². The first-order valence-corrected chi connectivity index (χ1v) is 12.2. The summed E-state index contributed by atoms with van der Waals surface area (Å²) in [5, 5.41) is 7.07. The maximum atomic E-state index is 12.6. The lowest BCUT2D eigenvalue weighted by atomic mass is 10.2. The van der Waals surface area contributed by atoms with E-state index in [1.165, 1.54) is 23.4 Å². The molecule has 4 heterocycles. The fraction of sp³-hybridized carbons (Fsp3) is 0.550. The Hall–Kier alpha value is -2.66. The van der Waals surface area contributed by atoms with Gasteiger partial charge in [0, 0.05) is 65.1 Å². The van der Waals surface area contributed by atoms with Crippen LogP contribution in [0, 0.1) is 0 Å². The highest BCUT2D eigenvalue weighted by molar-refractivity contribution is 7.88. The highest BCUT2D eigenvalue weighted by atomic mass is 32.2. The van der Waals surface area contributed by atoms with Crippen molar-refractivity contribution in [3.8, 4) is 0 Å². The highest BCUT2D eigenvalue weighted by Gasteiger charge is 2.29. The summed E-state index contributed by atoms with van der Waals surface area (Å²) in [5.74, 6) is 1.66. The van der Waals surface area contributed by atoms with Crippen LogP contribution in [0.25, 0.3) is 0 Å². The van der Waals surface area contributed by atoms with E-state index >= 15 is 0 Å². The molecule has 2 aromatic rings. The van der Waals surface area contributed by atoms with Gasteiger partial charge in [-0.25, -0.2) is 13.4 Å². The molecule has 0 bridgehead atoms. The lowest BCUT2D eigenvalue weighted by molar-refractivity contribution is 0.259. The molecule has 11 heteroatoms. The molecule has 168 valence electrons. The van der Waals surface area contributed by atoms with Gasteiger partial charge in [-0.1, -0.05) is 11.2 Å². The topological polar surface area (TPSA) is 107 Å². The van der Waals surface area contributed by atoms with Crippen LogP contribution >= 0.6 is 0 Å². The number of aliphatic imine (C=N–C) groups is 1. The molecule has 0 atom stereocenters. The lowest BCUT2D eigenvalue weighted by Crippen LogP contribution is -2.53. The minimum Gasteiger partial charge on any atom is -0.364 e. The number of pyridine rings is 1. The van der Waals surface area contributed by atoms with Gasteiger partial charge in [-0.05, 0) is 24.5 Å². The number of hydrogen-bond acceptors (Lipinski definition) is 7. The molecule has 0 unspecified atom stereocenters. The van der Waals surface area contributed by atoms with E-state index in [0.717, 1.165) is 30.4 Å². The molecule has 2 saturated heterocycles. The van der Waals surface area contributed by atoms with Crippen LogP contribution in [-0.2, 0) is 22.3 Å². The Balaban J connectivity index is 1.27. The second-order valence-electron chi connectivity index (χ2n) is 7.75. The fourth-order valence-electron chi connectivity index (χ4n) is 3.94. The van der Waals surface area contributed by atoms with Crippen molar-refractivity contribution >= 4 is 21.8 Å². The van der Waals surface area contributed by atoms with Crippen LogP contribution in [0.1, 0.15) is 24.1 Å². The molecule has 4 rings (SSSR count). The van der Waals surface area contributed by atoms with E-state index in [9.17, 15) is 8.42 Å². The first-order valence-electron chi connectivity index (χ1n) is 10.6. The van der Waals surface area contributed by atoms with Crippen LogP contribution in [0.3, 0.4) is 0 Å². The molecule has 0 saturated carbocycles. The number of nitrogens with one attached hydrogen (secondary N) is 1. The van der Waals surface area contributed by atoms with Gasteiger partial charge in [0.15, 0.2) is 5.96 Å². The molecule has 0 spiro atoms. The summed E-state index contributed by atoms with van der Waals surface area (Å²) < 4.78 is 31.4. The molecule has 10 nitrogen and oxygen atoms in total. The molecule has 2 aromatic heterocycles. The second-order valence-corrected chi connectivity index (χ2v) is 9.72. The van der Waals surface area contributed by atoms with Crippen molar-refractivity contribution in [1.29, 1.82) is 0 Å². The van der Waals surface area contributed by atoms with Crippen molar-refractivity contribution in [3.63, 3.8) is 0 Å². The van der Waals surface area contributed by atoms with Crippen LogP contribution in [-0.4, -0.2) is 80.0 Å². The fourth-order valence-corrected chi connectivity index (χ4v) is 5.36. The smallest absolute Gasteiger partial charge is 0.220 e. The third kappa shape index (κ3) is 5.34. The first-order chi connectivity index (χ1) is 15.0. The van der Waals surface area contributed by atoms with E-state index in [2.05, 4.69) is 42.4 Å². The van der Waals surface area contributed by atoms with E-state index in [0.29, 0.717) is 38.4 Å². The van der Waals surface area contributed by atoms with Crippen molar-refractivity contribution in [2.45, 2.75) is 25.1 Å². The summed E-state index contributed by atoms with van der Waals surface area (Å²) in [6.07, 6.45) is 5.75. The van der Waals surface area contributed by atoms with Gasteiger partial charge in [0.1, 0.15) is 17.8 Å². The molecule has 2 aliphatic heterocycles. The second kappa shape index (κ2) is 9.65. The van der Waals surface area contributed by atoms with Gasteiger partial charge in [-0.15, -0.1) is 0 Å². The molecule has 31 heavy (non-hydrogen) atoms. The summed E-state index contributed by atoms with van der Waals surface area (Å²) in [4.78, 5) is 13.3. The minimum absolute atomic E-state index is 0.142. The summed E-state index contributed by atoms with van der Waals surface area (Å²) in [7, 11) is -1.68. The quantitative estimate of drug-likeness (QED) is 0.514. The number of piperazine rings is 1. The SMILES string of the molecule is CN=C(NCc1ccc(N2CCCC2)nc1)N1CCN(S(=O)(=O)Cc2ccon2)CC1. The Morgan fingerprint density at radius 3 is 2.52 bits per heavy atom. The minimum atomic E-state index is -3.42. The average Bonchev–Trinajstić information content (AvgIpc) is 3.49. The average molecular weight is 448 g/mol. The predicted octanol–water partition coefficient (Wildman–Crippen LogP) is 0.893. The molecule has 0 aliphatic carbocycles. The molecule has 0 radical (unpaired) electrons. The third-order valence-electron chi connectivity index (χ3n) is 5.65. The Labute approximate surface area is 183 Å². The number of aromatic nitrogens is 2. The zero-order chi connectivity index (χ0) is 21.7. The van der Waals surface area contributed by atoms with Gasteiger partial charge < -0.3 is 19.6 Å². The summed E-state index contributed by atoms with van der Waals surface area (Å²) >= 11 is 0. The summed E-state index contributed by atoms with van der Waals surface area (Å²) in [6.45, 7) is 4.74. The van der Waals surface area contributed by atoms with Gasteiger partial charge in [-0.2, -0.15) is 4.31 Å². The normalized spacial score (nSPS) is 18.5. The standard InChI is InChI=1S/C20H29N7O3S/c1-21-20(23-15-17-4-5-19(22-14-17)25-7-2-3-8-25)26-9-11-27(12-10-26)31(28,29)16-18-6-13-30-24-18/h4-6,13-14H,2-3,7-12,15-16H2,1H3,(H,21,23). The number of guanidine groups is 1. The zero-order valence-corrected chi connectivity index (χ0v) is 18.6. The van der Waals surface area contributed by atoms with Gasteiger partial charge in [-0.3, -0.25) is 4.99 Å². The number of rotatable bonds is 6. The Morgan fingerprint density at radius 2 is 1.90 bits per heavy atom. The van der Waals surface area contributed by atoms with Crippen LogP contribution in [0.15, 0.2) is 40.2 Å². The maximum absolute atomic E-state index is 12.6. The van der Waals surface area contributed by atoms with E-state index in [1.807, 2.05) is 6.20 Å². The van der Waals surface area contributed by atoms with Crippen molar-refractivity contribution in [2.24, 2.45) is 4.99 Å². The van der Waals surface area contributed by atoms with Crippen molar-refractivity contribution in [3.05, 3.63) is 41.9 Å². The highest BCUT2D eigenvalue weighted by Crippen LogP contribution is 2.17. The van der Waals surface area contributed by atoms with Gasteiger partial charge >= 0.3 is 0 Å². The molecule has 2 aliphatic rings. The van der Waals surface area contributed by atoms with Gasteiger partial charge in [0.2, 0.25) is 10.0 Å². The summed E-state index contributed by atoms with van der Waals surface area (Å²) in [5.41, 5.74) is 1.50. The number of nitrogens with zero attached hydrogens (tertiary/aromatic N) is 6. The molecule has 1 N–H and O–H groups in total. The predicted molar refractivity (Wildman–Crippen MR) is 118 cm³/mol. The summed E-state index contributed by atoms with van der Waals surface area (Å²) in [6, 6.07) is 5.74. The van der Waals surface area contributed by atoms with E-state index in [4.69, 9.17) is 4.52 Å². The molecule has 0 aromatic carbocycles. The number of hydrogen-bond donors (Lipinski definition) is 1. The molecular weight excluding hydrogens is 418 g/mol. The zero-order valence-electron chi connectivity index (χ0n) is 17.8. The molecule has 2 fully saturated rings. The monoisotopic (exact) mass is 447 g/mol. The van der Waals surface area contributed by atoms with Crippen LogP contribution in [0.2, 0.25) is 0 Å². The molecule has 0 amide bonds. The van der Waals surface area contributed by atoms with Crippen molar-refractivity contribution < 1.29 is 12.9 Å². The van der Waals surface area contributed by atoms with Crippen molar-refractivity contribution in [1.82, 2.24) is 24.7 Å². The van der Waals surface area contributed by atoms with E-state index < -0.39 is 10.0 Å². The first kappa shape index (κ1) is 21.6. The lowest BCUT2D eigenvalue weighted by Gasteiger charge is -2.35. The maximum Gasteiger partial charge on any atom is 0.220 e. The van der Waals surface area contributed by atoms with E-state index in [1.54, 1.807) is 13.1 Å². The van der Waals surface area contributed by atoms with Crippen LogP contribution in [0.5, 0.6) is 0 Å². The van der Waals surface area contributed by atoms with Gasteiger partial charge in [0.05, 0.1) is 5.69 Å². The third-order valence-corrected chi connectivity index (χ3v) is 7.47. The number of anilines is 1. The van der Waals surface area contributed by atoms with Crippen LogP contribution in [0.4, 0.5) is 5.82 Å². The molecular formula is C20H29N7O3S. The van der Waals surface area contributed by atoms with Crippen LogP contribution < -0.4 is 10.2 Å². The Bertz CT molecular complexity index is 963. The largest absolute Gasteiger partial charge is 0.364 e. The van der Waals surface area contributed by atoms with E-state index in [-0.39, 0.29) is 5.75 Å². The number of sulfonamides is 1. The Morgan fingerprint density at radius 1 is 1.13 bits per heavy atom. The Kier molecular flexibility index (Phi) is 6.71. The van der Waals surface area contributed by atoms with Gasteiger partial charge in [0.25, 0.3) is 0 Å².